The lowest BCUT2D eigenvalue weighted by molar-refractivity contribution is 0.667. The quantitative estimate of drug-likeness (QED) is 0.821. The Bertz CT molecular complexity index is 419. The predicted octanol–water partition coefficient (Wildman–Crippen LogP) is 2.38. The van der Waals surface area contributed by atoms with E-state index >= 15 is 0 Å². The second-order valence-corrected chi connectivity index (χ2v) is 5.68. The molecule has 1 aromatic heterocycles. The summed E-state index contributed by atoms with van der Waals surface area (Å²) in [4.78, 5) is 6.82. The highest BCUT2D eigenvalue weighted by Crippen LogP contribution is 2.23. The minimum Gasteiger partial charge on any atom is -0.347 e. The van der Waals surface area contributed by atoms with Gasteiger partial charge in [0.1, 0.15) is 0 Å². The van der Waals surface area contributed by atoms with Gasteiger partial charge in [-0.2, -0.15) is 5.26 Å². The highest BCUT2D eigenvalue weighted by Gasteiger charge is 2.20. The third-order valence-corrected chi connectivity index (χ3v) is 4.01. The Kier molecular flexibility index (Phi) is 4.56. The first-order valence-electron chi connectivity index (χ1n) is 6.55. The minimum absolute atomic E-state index is 0.0434. The first-order chi connectivity index (χ1) is 8.72. The average molecular weight is 264 g/mol. The topological polar surface area (TPSA) is 52.0 Å². The fourth-order valence-electron chi connectivity index (χ4n) is 1.77. The lowest BCUT2D eigenvalue weighted by Gasteiger charge is -2.20. The zero-order valence-electron chi connectivity index (χ0n) is 11.0. The van der Waals surface area contributed by atoms with Crippen molar-refractivity contribution in [2.24, 2.45) is 5.92 Å². The molecule has 0 aromatic carbocycles. The van der Waals surface area contributed by atoms with Crippen LogP contribution in [0.1, 0.15) is 32.4 Å². The number of hydrogen-bond donors (Lipinski definition) is 1. The summed E-state index contributed by atoms with van der Waals surface area (Å²) in [6, 6.07) is 3.00. The van der Waals surface area contributed by atoms with Crippen molar-refractivity contribution in [1.29, 1.82) is 5.26 Å². The van der Waals surface area contributed by atoms with Crippen LogP contribution >= 0.6 is 11.3 Å². The number of rotatable bonds is 7. The molecule has 0 spiro atoms. The third-order valence-electron chi connectivity index (χ3n) is 3.06. The zero-order valence-corrected chi connectivity index (χ0v) is 11.8. The number of nitriles is 1. The minimum atomic E-state index is 0.0434. The largest absolute Gasteiger partial charge is 0.347 e. The molecule has 5 heteroatoms. The number of nitrogens with zero attached hydrogens (tertiary/aromatic N) is 3. The van der Waals surface area contributed by atoms with Gasteiger partial charge >= 0.3 is 0 Å². The van der Waals surface area contributed by atoms with Crippen LogP contribution in [0.3, 0.4) is 0 Å². The van der Waals surface area contributed by atoms with Crippen molar-refractivity contribution in [1.82, 2.24) is 10.3 Å². The van der Waals surface area contributed by atoms with Crippen molar-refractivity contribution in [3.63, 3.8) is 0 Å². The Balaban J connectivity index is 1.91. The van der Waals surface area contributed by atoms with Crippen LogP contribution in [0.2, 0.25) is 0 Å². The molecule has 1 atom stereocenters. The van der Waals surface area contributed by atoms with Gasteiger partial charge in [-0.1, -0.05) is 0 Å². The van der Waals surface area contributed by atoms with Gasteiger partial charge in [0.2, 0.25) is 0 Å². The summed E-state index contributed by atoms with van der Waals surface area (Å²) in [5.41, 5.74) is 1.12. The van der Waals surface area contributed by atoms with Crippen molar-refractivity contribution >= 4 is 16.5 Å². The summed E-state index contributed by atoms with van der Waals surface area (Å²) in [7, 11) is 0. The molecule has 1 aliphatic rings. The normalized spacial score (nSPS) is 16.3. The van der Waals surface area contributed by atoms with Gasteiger partial charge in [0.25, 0.3) is 0 Å². The van der Waals surface area contributed by atoms with Gasteiger partial charge in [0, 0.05) is 31.1 Å². The predicted molar refractivity (Wildman–Crippen MR) is 74.6 cm³/mol. The van der Waals surface area contributed by atoms with E-state index < -0.39 is 0 Å². The van der Waals surface area contributed by atoms with Crippen LogP contribution in [0.25, 0.3) is 0 Å². The summed E-state index contributed by atoms with van der Waals surface area (Å²) in [6.45, 7) is 6.58. The molecule has 0 saturated heterocycles. The molecule has 0 amide bonds. The zero-order chi connectivity index (χ0) is 13.0. The standard InChI is InChI=1S/C13H20N4S/c1-3-17(8-10(2)6-14)13-16-12(9-18-13)7-15-11-4-5-11/h9-11,15H,3-5,7-8H2,1-2H3. The maximum Gasteiger partial charge on any atom is 0.185 e. The first-order valence-corrected chi connectivity index (χ1v) is 7.43. The molecule has 1 saturated carbocycles. The van der Waals surface area contributed by atoms with Gasteiger partial charge in [-0.3, -0.25) is 0 Å². The molecule has 2 rings (SSSR count). The Hall–Kier alpha value is -1.12. The molecule has 4 nitrogen and oxygen atoms in total. The number of aromatic nitrogens is 1. The number of hydrogen-bond acceptors (Lipinski definition) is 5. The molecule has 1 aliphatic carbocycles. The molecular formula is C13H20N4S. The Morgan fingerprint density at radius 2 is 2.44 bits per heavy atom. The smallest absolute Gasteiger partial charge is 0.185 e. The maximum atomic E-state index is 8.88. The molecular weight excluding hydrogens is 244 g/mol. The van der Waals surface area contributed by atoms with E-state index in [4.69, 9.17) is 5.26 Å². The maximum absolute atomic E-state index is 8.88. The molecule has 0 radical (unpaired) electrons. The fourth-order valence-corrected chi connectivity index (χ4v) is 2.67. The summed E-state index contributed by atoms with van der Waals surface area (Å²) in [5.74, 6) is 0.0434. The Morgan fingerprint density at radius 1 is 1.67 bits per heavy atom. The molecule has 98 valence electrons. The van der Waals surface area contributed by atoms with Crippen LogP contribution in [0.5, 0.6) is 0 Å². The fraction of sp³-hybridized carbons (Fsp3) is 0.692. The van der Waals surface area contributed by atoms with Gasteiger partial charge in [-0.05, 0) is 26.7 Å². The van der Waals surface area contributed by atoms with E-state index in [1.165, 1.54) is 12.8 Å². The molecule has 1 aromatic rings. The van der Waals surface area contributed by atoms with Gasteiger partial charge in [0.05, 0.1) is 17.7 Å². The lowest BCUT2D eigenvalue weighted by Crippen LogP contribution is -2.27. The van der Waals surface area contributed by atoms with Crippen LogP contribution in [-0.4, -0.2) is 24.1 Å². The summed E-state index contributed by atoms with van der Waals surface area (Å²) in [5, 5.41) is 15.5. The van der Waals surface area contributed by atoms with Crippen LogP contribution < -0.4 is 10.2 Å². The number of nitrogens with one attached hydrogen (secondary N) is 1. The van der Waals surface area contributed by atoms with Crippen LogP contribution in [-0.2, 0) is 6.54 Å². The van der Waals surface area contributed by atoms with E-state index in [1.807, 2.05) is 6.92 Å². The third kappa shape index (κ3) is 3.69. The summed E-state index contributed by atoms with van der Waals surface area (Å²) >= 11 is 1.67. The van der Waals surface area contributed by atoms with Crippen molar-refractivity contribution in [2.45, 2.75) is 39.3 Å². The van der Waals surface area contributed by atoms with Crippen molar-refractivity contribution in [3.8, 4) is 6.07 Å². The molecule has 1 heterocycles. The molecule has 18 heavy (non-hydrogen) atoms. The van der Waals surface area contributed by atoms with Crippen molar-refractivity contribution in [3.05, 3.63) is 11.1 Å². The van der Waals surface area contributed by atoms with Gasteiger partial charge in [-0.25, -0.2) is 4.98 Å². The highest BCUT2D eigenvalue weighted by atomic mass is 32.1. The van der Waals surface area contributed by atoms with Crippen LogP contribution in [0, 0.1) is 17.2 Å². The highest BCUT2D eigenvalue weighted by molar-refractivity contribution is 7.13. The van der Waals surface area contributed by atoms with Crippen molar-refractivity contribution in [2.75, 3.05) is 18.0 Å². The molecule has 0 bridgehead atoms. The molecule has 1 fully saturated rings. The van der Waals surface area contributed by atoms with Crippen LogP contribution in [0.4, 0.5) is 5.13 Å². The Morgan fingerprint density at radius 3 is 3.06 bits per heavy atom. The van der Waals surface area contributed by atoms with E-state index in [-0.39, 0.29) is 5.92 Å². The van der Waals surface area contributed by atoms with Gasteiger partial charge < -0.3 is 10.2 Å². The molecule has 1 unspecified atom stereocenters. The second-order valence-electron chi connectivity index (χ2n) is 4.85. The average Bonchev–Trinajstić information content (AvgIpc) is 3.11. The van der Waals surface area contributed by atoms with Gasteiger partial charge in [-0.15, -0.1) is 11.3 Å². The molecule has 1 N–H and O–H groups in total. The second kappa shape index (κ2) is 6.17. The van der Waals surface area contributed by atoms with Crippen molar-refractivity contribution < 1.29 is 0 Å². The number of thiazole rings is 1. The van der Waals surface area contributed by atoms with E-state index in [2.05, 4.69) is 33.6 Å². The first kappa shape index (κ1) is 13.3. The van der Waals surface area contributed by atoms with E-state index in [0.717, 1.165) is 36.5 Å². The van der Waals surface area contributed by atoms with E-state index in [9.17, 15) is 0 Å². The van der Waals surface area contributed by atoms with E-state index in [0.29, 0.717) is 0 Å². The SMILES string of the molecule is CCN(CC(C)C#N)c1nc(CNC2CC2)cs1. The monoisotopic (exact) mass is 264 g/mol. The molecule has 0 aliphatic heterocycles. The summed E-state index contributed by atoms with van der Waals surface area (Å²) in [6.07, 6.45) is 2.61. The van der Waals surface area contributed by atoms with E-state index in [1.54, 1.807) is 11.3 Å². The lowest BCUT2D eigenvalue weighted by atomic mass is 10.2. The summed E-state index contributed by atoms with van der Waals surface area (Å²) < 4.78 is 0. The Labute approximate surface area is 113 Å². The number of anilines is 1. The van der Waals surface area contributed by atoms with Gasteiger partial charge in [0.15, 0.2) is 5.13 Å². The van der Waals surface area contributed by atoms with Crippen LogP contribution in [0.15, 0.2) is 5.38 Å².